The molecule has 2 N–H and O–H groups in total. The molecule has 4 nitrogen and oxygen atoms in total. The maximum atomic E-state index is 6.69. The molecule has 1 aromatic heterocycles. The van der Waals surface area contributed by atoms with Crippen molar-refractivity contribution in [1.82, 2.24) is 14.7 Å². The van der Waals surface area contributed by atoms with Crippen molar-refractivity contribution in [1.29, 1.82) is 0 Å². The van der Waals surface area contributed by atoms with E-state index in [-0.39, 0.29) is 11.6 Å². The van der Waals surface area contributed by atoms with E-state index in [9.17, 15) is 0 Å². The van der Waals surface area contributed by atoms with Gasteiger partial charge in [0.1, 0.15) is 0 Å². The number of nitrogens with zero attached hydrogens (tertiary/aromatic N) is 3. The minimum absolute atomic E-state index is 0.0567. The quantitative estimate of drug-likeness (QED) is 0.834. The molecule has 0 aliphatic carbocycles. The van der Waals surface area contributed by atoms with Crippen LogP contribution in [0.1, 0.15) is 64.5 Å². The highest BCUT2D eigenvalue weighted by Crippen LogP contribution is 2.37. The molecule has 1 unspecified atom stereocenters. The van der Waals surface area contributed by atoms with Crippen LogP contribution in [0.25, 0.3) is 0 Å². The van der Waals surface area contributed by atoms with E-state index in [2.05, 4.69) is 37.0 Å². The normalized spacial score (nSPS) is 18.6. The number of hydrogen-bond donors (Lipinski definition) is 1. The van der Waals surface area contributed by atoms with E-state index in [0.717, 1.165) is 25.8 Å². The van der Waals surface area contributed by atoms with E-state index < -0.39 is 0 Å². The van der Waals surface area contributed by atoms with Crippen molar-refractivity contribution in [3.05, 3.63) is 18.0 Å². The molecule has 2 heterocycles. The summed E-state index contributed by atoms with van der Waals surface area (Å²) in [5, 5.41) is 4.45. The second-order valence-electron chi connectivity index (χ2n) is 6.02. The molecule has 2 rings (SSSR count). The van der Waals surface area contributed by atoms with E-state index in [1.807, 2.05) is 10.9 Å². The van der Waals surface area contributed by atoms with Crippen molar-refractivity contribution in [2.45, 2.75) is 71.0 Å². The number of rotatable bonds is 7. The average molecular weight is 278 g/mol. The van der Waals surface area contributed by atoms with E-state index in [0.29, 0.717) is 0 Å². The van der Waals surface area contributed by atoms with Crippen LogP contribution >= 0.6 is 0 Å². The van der Waals surface area contributed by atoms with E-state index in [1.165, 1.54) is 31.5 Å². The first-order valence-corrected chi connectivity index (χ1v) is 8.21. The zero-order valence-corrected chi connectivity index (χ0v) is 13.3. The summed E-state index contributed by atoms with van der Waals surface area (Å²) in [5.41, 5.74) is 7.97. The first-order chi connectivity index (χ1) is 9.67. The van der Waals surface area contributed by atoms with Gasteiger partial charge in [0, 0.05) is 23.8 Å². The first-order valence-electron chi connectivity index (χ1n) is 8.21. The smallest absolute Gasteiger partial charge is 0.0538 e. The molecule has 1 aliphatic rings. The van der Waals surface area contributed by atoms with Crippen molar-refractivity contribution in [3.63, 3.8) is 0 Å². The minimum atomic E-state index is 0.0567. The number of hydrogen-bond acceptors (Lipinski definition) is 3. The Labute approximate surface area is 123 Å². The Bertz CT molecular complexity index is 402. The van der Waals surface area contributed by atoms with Gasteiger partial charge in [-0.1, -0.05) is 20.8 Å². The van der Waals surface area contributed by atoms with Crippen LogP contribution < -0.4 is 5.73 Å². The molecule has 114 valence electrons. The average Bonchev–Trinajstić information content (AvgIpc) is 3.12. The van der Waals surface area contributed by atoms with Gasteiger partial charge < -0.3 is 5.73 Å². The summed E-state index contributed by atoms with van der Waals surface area (Å²) in [6.07, 6.45) is 10.0. The van der Waals surface area contributed by atoms with Gasteiger partial charge >= 0.3 is 0 Å². The predicted octanol–water partition coefficient (Wildman–Crippen LogP) is 2.95. The Morgan fingerprint density at radius 1 is 1.25 bits per heavy atom. The lowest BCUT2D eigenvalue weighted by Crippen LogP contribution is -2.53. The molecule has 4 heteroatoms. The van der Waals surface area contributed by atoms with Crippen LogP contribution in [0.3, 0.4) is 0 Å². The summed E-state index contributed by atoms with van der Waals surface area (Å²) in [7, 11) is 0. The zero-order chi connectivity index (χ0) is 14.6. The lowest BCUT2D eigenvalue weighted by Gasteiger charge is -2.45. The Kier molecular flexibility index (Phi) is 5.22. The Morgan fingerprint density at radius 2 is 1.90 bits per heavy atom. The molecule has 0 spiro atoms. The summed E-state index contributed by atoms with van der Waals surface area (Å²) in [6, 6.07) is 0.0567. The van der Waals surface area contributed by atoms with Crippen LogP contribution in [-0.4, -0.2) is 33.3 Å². The largest absolute Gasteiger partial charge is 0.322 e. The molecule has 1 fully saturated rings. The van der Waals surface area contributed by atoms with Crippen LogP contribution in [0.4, 0.5) is 0 Å². The van der Waals surface area contributed by atoms with Crippen molar-refractivity contribution >= 4 is 0 Å². The molecular formula is C16H30N4. The van der Waals surface area contributed by atoms with Gasteiger partial charge in [0.2, 0.25) is 0 Å². The lowest BCUT2D eigenvalue weighted by atomic mass is 9.80. The fraction of sp³-hybridized carbons (Fsp3) is 0.812. The highest BCUT2D eigenvalue weighted by atomic mass is 15.3. The molecule has 1 aliphatic heterocycles. The van der Waals surface area contributed by atoms with Gasteiger partial charge in [0.05, 0.1) is 12.2 Å². The van der Waals surface area contributed by atoms with Crippen LogP contribution in [0.2, 0.25) is 0 Å². The van der Waals surface area contributed by atoms with Gasteiger partial charge in [0.25, 0.3) is 0 Å². The first kappa shape index (κ1) is 15.5. The fourth-order valence-corrected chi connectivity index (χ4v) is 3.70. The molecular weight excluding hydrogens is 248 g/mol. The molecule has 0 aromatic carbocycles. The molecule has 1 saturated heterocycles. The molecule has 1 aromatic rings. The highest BCUT2D eigenvalue weighted by Gasteiger charge is 2.41. The number of aromatic nitrogens is 2. The highest BCUT2D eigenvalue weighted by molar-refractivity contribution is 5.17. The Hall–Kier alpha value is -0.870. The van der Waals surface area contributed by atoms with Crippen LogP contribution in [0.5, 0.6) is 0 Å². The second kappa shape index (κ2) is 6.72. The van der Waals surface area contributed by atoms with Crippen LogP contribution in [-0.2, 0) is 6.54 Å². The molecule has 0 bridgehead atoms. The fourth-order valence-electron chi connectivity index (χ4n) is 3.70. The summed E-state index contributed by atoms with van der Waals surface area (Å²) in [6.45, 7) is 10.1. The number of aryl methyl sites for hydroxylation is 1. The summed E-state index contributed by atoms with van der Waals surface area (Å²) >= 11 is 0. The van der Waals surface area contributed by atoms with Crippen LogP contribution in [0.15, 0.2) is 12.4 Å². The molecule has 1 atom stereocenters. The van der Waals surface area contributed by atoms with E-state index in [1.54, 1.807) is 0 Å². The van der Waals surface area contributed by atoms with Gasteiger partial charge in [-0.2, -0.15) is 5.10 Å². The Balaban J connectivity index is 2.22. The van der Waals surface area contributed by atoms with Crippen molar-refractivity contribution in [3.8, 4) is 0 Å². The number of nitrogens with two attached hydrogens (primary N) is 1. The maximum absolute atomic E-state index is 6.69. The molecule has 0 saturated carbocycles. The second-order valence-corrected chi connectivity index (χ2v) is 6.02. The molecule has 20 heavy (non-hydrogen) atoms. The van der Waals surface area contributed by atoms with Crippen molar-refractivity contribution in [2.75, 3.05) is 13.1 Å². The molecule has 0 radical (unpaired) electrons. The third-order valence-corrected chi connectivity index (χ3v) is 5.00. The number of likely N-dealkylation sites (tertiary alicyclic amines) is 1. The maximum Gasteiger partial charge on any atom is 0.0538 e. The summed E-state index contributed by atoms with van der Waals surface area (Å²) in [4.78, 5) is 2.62. The molecule has 0 amide bonds. The minimum Gasteiger partial charge on any atom is -0.322 e. The zero-order valence-electron chi connectivity index (χ0n) is 13.3. The van der Waals surface area contributed by atoms with Gasteiger partial charge in [-0.15, -0.1) is 0 Å². The summed E-state index contributed by atoms with van der Waals surface area (Å²) < 4.78 is 2.02. The Morgan fingerprint density at radius 3 is 2.45 bits per heavy atom. The SMILES string of the molecule is CCCn1cc(C(N)C(CC)(CC)N2CCCC2)cn1. The lowest BCUT2D eigenvalue weighted by molar-refractivity contribution is 0.0766. The van der Waals surface area contributed by atoms with Crippen molar-refractivity contribution in [2.24, 2.45) is 5.73 Å². The van der Waals surface area contributed by atoms with Crippen LogP contribution in [0, 0.1) is 0 Å². The summed E-state index contributed by atoms with van der Waals surface area (Å²) in [5.74, 6) is 0. The van der Waals surface area contributed by atoms with E-state index >= 15 is 0 Å². The van der Waals surface area contributed by atoms with Gasteiger partial charge in [0.15, 0.2) is 0 Å². The van der Waals surface area contributed by atoms with E-state index in [4.69, 9.17) is 5.73 Å². The topological polar surface area (TPSA) is 47.1 Å². The van der Waals surface area contributed by atoms with Crippen molar-refractivity contribution < 1.29 is 0 Å². The monoisotopic (exact) mass is 278 g/mol. The van der Waals surface area contributed by atoms with Gasteiger partial charge in [-0.05, 0) is 45.2 Å². The third kappa shape index (κ3) is 2.77. The third-order valence-electron chi connectivity index (χ3n) is 5.00. The predicted molar refractivity (Wildman–Crippen MR) is 83.6 cm³/mol. The van der Waals surface area contributed by atoms with Gasteiger partial charge in [-0.3, -0.25) is 9.58 Å². The standard InChI is InChI=1S/C16H30N4/c1-4-9-20-13-14(12-18-20)15(17)16(5-2,6-3)19-10-7-8-11-19/h12-13,15H,4-11,17H2,1-3H3. The van der Waals surface area contributed by atoms with Gasteiger partial charge in [-0.25, -0.2) is 0 Å².